The van der Waals surface area contributed by atoms with Crippen LogP contribution in [0.15, 0.2) is 54.6 Å². The highest BCUT2D eigenvalue weighted by Crippen LogP contribution is 2.16. The number of nitrogens with one attached hydrogen (secondary N) is 1. The predicted octanol–water partition coefficient (Wildman–Crippen LogP) is 2.55. The summed E-state index contributed by atoms with van der Waals surface area (Å²) in [5, 5.41) is 13.0. The fraction of sp³-hybridized carbons (Fsp3) is 0.250. The molecule has 0 saturated carbocycles. The van der Waals surface area contributed by atoms with Gasteiger partial charge in [-0.15, -0.1) is 0 Å². The van der Waals surface area contributed by atoms with E-state index in [2.05, 4.69) is 5.32 Å². The molecule has 0 radical (unpaired) electrons. The van der Waals surface area contributed by atoms with Crippen LogP contribution in [0.2, 0.25) is 0 Å². The van der Waals surface area contributed by atoms with Gasteiger partial charge in [-0.3, -0.25) is 0 Å². The molecule has 0 heterocycles. The average molecular weight is 273 g/mol. The second-order valence-electron chi connectivity index (χ2n) is 4.39. The normalized spacial score (nSPS) is 11.7. The summed E-state index contributed by atoms with van der Waals surface area (Å²) in [7, 11) is 1.63. The summed E-state index contributed by atoms with van der Waals surface area (Å²) < 4.78 is 10.6. The van der Waals surface area contributed by atoms with E-state index >= 15 is 0 Å². The van der Waals surface area contributed by atoms with E-state index in [-0.39, 0.29) is 6.61 Å². The molecule has 1 unspecified atom stereocenters. The molecule has 2 N–H and O–H groups in total. The van der Waals surface area contributed by atoms with Crippen molar-refractivity contribution in [2.75, 3.05) is 25.6 Å². The molecule has 0 saturated heterocycles. The number of aliphatic hydroxyl groups is 1. The highest BCUT2D eigenvalue weighted by Gasteiger charge is 2.05. The maximum Gasteiger partial charge on any atom is 0.120 e. The summed E-state index contributed by atoms with van der Waals surface area (Å²) in [6, 6.07) is 17.0. The van der Waals surface area contributed by atoms with Crippen LogP contribution in [0.5, 0.6) is 11.5 Å². The van der Waals surface area contributed by atoms with Gasteiger partial charge < -0.3 is 19.9 Å². The van der Waals surface area contributed by atoms with Gasteiger partial charge >= 0.3 is 0 Å². The quantitative estimate of drug-likeness (QED) is 0.814. The van der Waals surface area contributed by atoms with Gasteiger partial charge in [0.05, 0.1) is 7.11 Å². The first-order chi connectivity index (χ1) is 9.78. The molecule has 0 fully saturated rings. The summed E-state index contributed by atoms with van der Waals surface area (Å²) in [6.45, 7) is 0.668. The van der Waals surface area contributed by atoms with Gasteiger partial charge in [-0.1, -0.05) is 24.3 Å². The number of para-hydroxylation sites is 1. The average Bonchev–Trinajstić information content (AvgIpc) is 2.52. The van der Waals surface area contributed by atoms with E-state index in [0.717, 1.165) is 17.2 Å². The largest absolute Gasteiger partial charge is 0.497 e. The second kappa shape index (κ2) is 7.40. The van der Waals surface area contributed by atoms with Crippen molar-refractivity contribution < 1.29 is 14.6 Å². The summed E-state index contributed by atoms with van der Waals surface area (Å²) in [6.07, 6.45) is -0.582. The van der Waals surface area contributed by atoms with Crippen LogP contribution in [0.1, 0.15) is 0 Å². The third-order valence-electron chi connectivity index (χ3n) is 2.80. The van der Waals surface area contributed by atoms with E-state index in [0.29, 0.717) is 6.54 Å². The Morgan fingerprint density at radius 1 is 1.05 bits per heavy atom. The fourth-order valence-electron chi connectivity index (χ4n) is 1.74. The van der Waals surface area contributed by atoms with Crippen molar-refractivity contribution in [2.45, 2.75) is 6.10 Å². The standard InChI is InChI=1S/C16H19NO3/c1-19-16-9-5-6-13(10-16)17-11-14(18)12-20-15-7-3-2-4-8-15/h2-10,14,17-18H,11-12H2,1H3. The van der Waals surface area contributed by atoms with Crippen molar-refractivity contribution in [2.24, 2.45) is 0 Å². The fourth-order valence-corrected chi connectivity index (χ4v) is 1.74. The van der Waals surface area contributed by atoms with E-state index in [1.807, 2.05) is 54.6 Å². The minimum absolute atomic E-state index is 0.251. The Bertz CT molecular complexity index is 516. The van der Waals surface area contributed by atoms with Crippen LogP contribution >= 0.6 is 0 Å². The van der Waals surface area contributed by atoms with Crippen molar-refractivity contribution in [3.63, 3.8) is 0 Å². The summed E-state index contributed by atoms with van der Waals surface area (Å²) in [5.41, 5.74) is 0.906. The molecule has 0 aliphatic carbocycles. The molecule has 4 heteroatoms. The number of aliphatic hydroxyl groups excluding tert-OH is 1. The molecule has 20 heavy (non-hydrogen) atoms. The molecule has 2 aromatic carbocycles. The van der Waals surface area contributed by atoms with Crippen molar-refractivity contribution in [1.82, 2.24) is 0 Å². The highest BCUT2D eigenvalue weighted by atomic mass is 16.5. The van der Waals surface area contributed by atoms with Gasteiger partial charge in [0.15, 0.2) is 0 Å². The Hall–Kier alpha value is -2.20. The Morgan fingerprint density at radius 3 is 2.55 bits per heavy atom. The van der Waals surface area contributed by atoms with Crippen molar-refractivity contribution >= 4 is 5.69 Å². The molecular weight excluding hydrogens is 254 g/mol. The highest BCUT2D eigenvalue weighted by molar-refractivity contribution is 5.48. The zero-order valence-electron chi connectivity index (χ0n) is 11.5. The molecule has 0 amide bonds. The smallest absolute Gasteiger partial charge is 0.120 e. The van der Waals surface area contributed by atoms with Crippen LogP contribution in [0.25, 0.3) is 0 Å². The van der Waals surface area contributed by atoms with Gasteiger partial charge in [0, 0.05) is 18.3 Å². The van der Waals surface area contributed by atoms with E-state index in [4.69, 9.17) is 9.47 Å². The number of hydrogen-bond acceptors (Lipinski definition) is 4. The zero-order valence-corrected chi connectivity index (χ0v) is 11.5. The molecule has 1 atom stereocenters. The lowest BCUT2D eigenvalue weighted by Crippen LogP contribution is -2.26. The summed E-state index contributed by atoms with van der Waals surface area (Å²) in [5.74, 6) is 1.54. The molecule has 4 nitrogen and oxygen atoms in total. The third-order valence-corrected chi connectivity index (χ3v) is 2.80. The van der Waals surface area contributed by atoms with Crippen LogP contribution in [-0.2, 0) is 0 Å². The summed E-state index contributed by atoms with van der Waals surface area (Å²) in [4.78, 5) is 0. The van der Waals surface area contributed by atoms with Gasteiger partial charge in [0.2, 0.25) is 0 Å². The van der Waals surface area contributed by atoms with Crippen molar-refractivity contribution in [3.05, 3.63) is 54.6 Å². The van der Waals surface area contributed by atoms with Crippen LogP contribution in [-0.4, -0.2) is 31.5 Å². The van der Waals surface area contributed by atoms with Crippen molar-refractivity contribution in [3.8, 4) is 11.5 Å². The molecule has 2 rings (SSSR count). The molecule has 0 aliphatic heterocycles. The minimum atomic E-state index is -0.582. The Kier molecular flexibility index (Phi) is 5.26. The van der Waals surface area contributed by atoms with Gasteiger partial charge in [0.1, 0.15) is 24.2 Å². The van der Waals surface area contributed by atoms with Crippen LogP contribution in [0, 0.1) is 0 Å². The number of methoxy groups -OCH3 is 1. The van der Waals surface area contributed by atoms with Crippen LogP contribution in [0.4, 0.5) is 5.69 Å². The van der Waals surface area contributed by atoms with E-state index in [1.165, 1.54) is 0 Å². The van der Waals surface area contributed by atoms with E-state index < -0.39 is 6.10 Å². The second-order valence-corrected chi connectivity index (χ2v) is 4.39. The zero-order chi connectivity index (χ0) is 14.2. The molecular formula is C16H19NO3. The van der Waals surface area contributed by atoms with Crippen molar-refractivity contribution in [1.29, 1.82) is 0 Å². The lowest BCUT2D eigenvalue weighted by molar-refractivity contribution is 0.117. The van der Waals surface area contributed by atoms with E-state index in [1.54, 1.807) is 7.11 Å². The number of hydrogen-bond donors (Lipinski definition) is 2. The van der Waals surface area contributed by atoms with Gasteiger partial charge in [-0.25, -0.2) is 0 Å². The first kappa shape index (κ1) is 14.2. The number of benzene rings is 2. The molecule has 0 bridgehead atoms. The summed E-state index contributed by atoms with van der Waals surface area (Å²) >= 11 is 0. The predicted molar refractivity (Wildman–Crippen MR) is 79.4 cm³/mol. The van der Waals surface area contributed by atoms with Crippen LogP contribution < -0.4 is 14.8 Å². The minimum Gasteiger partial charge on any atom is -0.497 e. The molecule has 106 valence electrons. The lowest BCUT2D eigenvalue weighted by Gasteiger charge is -2.14. The number of anilines is 1. The molecule has 0 spiro atoms. The first-order valence-corrected chi connectivity index (χ1v) is 6.52. The van der Waals surface area contributed by atoms with Gasteiger partial charge in [-0.05, 0) is 24.3 Å². The Balaban J connectivity index is 1.75. The molecule has 0 aromatic heterocycles. The van der Waals surface area contributed by atoms with E-state index in [9.17, 15) is 5.11 Å². The lowest BCUT2D eigenvalue weighted by atomic mass is 10.3. The van der Waals surface area contributed by atoms with Gasteiger partial charge in [-0.2, -0.15) is 0 Å². The Morgan fingerprint density at radius 2 is 1.80 bits per heavy atom. The van der Waals surface area contributed by atoms with Crippen LogP contribution in [0.3, 0.4) is 0 Å². The topological polar surface area (TPSA) is 50.7 Å². The maximum absolute atomic E-state index is 9.88. The van der Waals surface area contributed by atoms with Gasteiger partial charge in [0.25, 0.3) is 0 Å². The monoisotopic (exact) mass is 273 g/mol. The SMILES string of the molecule is COc1cccc(NCC(O)COc2ccccc2)c1. The first-order valence-electron chi connectivity index (χ1n) is 6.52. The molecule has 0 aliphatic rings. The maximum atomic E-state index is 9.88. The number of rotatable bonds is 7. The Labute approximate surface area is 119 Å². The molecule has 2 aromatic rings. The third kappa shape index (κ3) is 4.48. The number of ether oxygens (including phenoxy) is 2.